The third-order valence-electron chi connectivity index (χ3n) is 2.96. The molecule has 2 rings (SSSR count). The van der Waals surface area contributed by atoms with Crippen molar-refractivity contribution in [2.24, 2.45) is 0 Å². The Morgan fingerprint density at radius 1 is 1.40 bits per heavy atom. The summed E-state index contributed by atoms with van der Waals surface area (Å²) >= 11 is 9.23. The van der Waals surface area contributed by atoms with Crippen LogP contribution in [0.25, 0.3) is 11.0 Å². The molecule has 0 unspecified atom stereocenters. The summed E-state index contributed by atoms with van der Waals surface area (Å²) in [5.74, 6) is -0.336. The molecule has 0 aliphatic carbocycles. The molecule has 110 valence electrons. The smallest absolute Gasteiger partial charge is 0.205 e. The predicted octanol–water partition coefficient (Wildman–Crippen LogP) is 4.90. The number of rotatable bonds is 5. The number of hydrogen-bond donors (Lipinski definition) is 0. The van der Waals surface area contributed by atoms with Crippen LogP contribution in [-0.4, -0.2) is 24.2 Å². The Labute approximate surface area is 132 Å². The van der Waals surface area contributed by atoms with Crippen LogP contribution in [0.2, 0.25) is 31.0 Å². The number of imidazole rings is 1. The first kappa shape index (κ1) is 15.9. The first-order valence-corrected chi connectivity index (χ1v) is 11.2. The van der Waals surface area contributed by atoms with Crippen molar-refractivity contribution in [2.45, 2.75) is 32.4 Å². The number of ether oxygens (including phenoxy) is 1. The molecule has 20 heavy (non-hydrogen) atoms. The maximum Gasteiger partial charge on any atom is 0.205 e. The summed E-state index contributed by atoms with van der Waals surface area (Å²) in [6.07, 6.45) is 0. The van der Waals surface area contributed by atoms with Gasteiger partial charge >= 0.3 is 0 Å². The van der Waals surface area contributed by atoms with Gasteiger partial charge < -0.3 is 4.74 Å². The maximum absolute atomic E-state index is 13.6. The molecule has 0 N–H and O–H groups in total. The lowest BCUT2D eigenvalue weighted by Crippen LogP contribution is -2.22. The molecule has 1 aromatic carbocycles. The van der Waals surface area contributed by atoms with Crippen LogP contribution in [0.4, 0.5) is 4.39 Å². The van der Waals surface area contributed by atoms with Crippen molar-refractivity contribution < 1.29 is 9.13 Å². The second-order valence-electron chi connectivity index (χ2n) is 5.91. The topological polar surface area (TPSA) is 27.1 Å². The minimum Gasteiger partial charge on any atom is -0.361 e. The molecule has 0 amide bonds. The van der Waals surface area contributed by atoms with E-state index < -0.39 is 8.07 Å². The van der Waals surface area contributed by atoms with Crippen LogP contribution in [-0.2, 0) is 11.5 Å². The van der Waals surface area contributed by atoms with Crippen LogP contribution in [0.15, 0.2) is 16.6 Å². The molecule has 1 heterocycles. The fourth-order valence-corrected chi connectivity index (χ4v) is 3.07. The Morgan fingerprint density at radius 2 is 2.10 bits per heavy atom. The average molecular weight is 380 g/mol. The zero-order chi connectivity index (χ0) is 14.9. The van der Waals surface area contributed by atoms with Gasteiger partial charge in [0.2, 0.25) is 5.28 Å². The average Bonchev–Trinajstić information content (AvgIpc) is 2.60. The largest absolute Gasteiger partial charge is 0.361 e. The molecular weight excluding hydrogens is 363 g/mol. The van der Waals surface area contributed by atoms with Gasteiger partial charge in [0.1, 0.15) is 12.5 Å². The first-order valence-electron chi connectivity index (χ1n) is 6.36. The molecule has 0 bridgehead atoms. The number of halogens is 3. The van der Waals surface area contributed by atoms with Gasteiger partial charge in [0.05, 0.1) is 15.5 Å². The Bertz CT molecular complexity index is 627. The minimum absolute atomic E-state index is 0.293. The molecule has 3 nitrogen and oxygen atoms in total. The second kappa shape index (κ2) is 6.13. The van der Waals surface area contributed by atoms with Crippen LogP contribution in [0.5, 0.6) is 0 Å². The standard InChI is InChI=1S/C13H17BrClFN2OSi/c1-20(2,3)5-4-19-8-18-12-7-10(16)9(14)6-11(12)17-13(18)15/h6-7H,4-5,8H2,1-3H3. The summed E-state index contributed by atoms with van der Waals surface area (Å²) < 4.78 is 21.3. The molecule has 0 radical (unpaired) electrons. The molecule has 0 atom stereocenters. The number of fused-ring (bicyclic) bond motifs is 1. The van der Waals surface area contributed by atoms with Crippen molar-refractivity contribution in [2.75, 3.05) is 6.61 Å². The maximum atomic E-state index is 13.6. The van der Waals surface area contributed by atoms with Crippen LogP contribution in [0, 0.1) is 5.82 Å². The molecule has 1 aromatic heterocycles. The van der Waals surface area contributed by atoms with Gasteiger partial charge in [0.25, 0.3) is 0 Å². The number of benzene rings is 1. The van der Waals surface area contributed by atoms with Gasteiger partial charge in [-0.05, 0) is 39.6 Å². The Hall–Kier alpha value is -0.433. The van der Waals surface area contributed by atoms with E-state index in [1.807, 2.05) is 0 Å². The summed E-state index contributed by atoms with van der Waals surface area (Å²) in [6.45, 7) is 7.86. The van der Waals surface area contributed by atoms with Gasteiger partial charge in [-0.1, -0.05) is 19.6 Å². The third kappa shape index (κ3) is 3.81. The number of nitrogens with zero attached hydrogens (tertiary/aromatic N) is 2. The van der Waals surface area contributed by atoms with Crippen LogP contribution in [0.1, 0.15) is 0 Å². The van der Waals surface area contributed by atoms with E-state index >= 15 is 0 Å². The van der Waals surface area contributed by atoms with E-state index in [2.05, 4.69) is 40.6 Å². The molecule has 0 spiro atoms. The molecule has 0 aliphatic rings. The van der Waals surface area contributed by atoms with Crippen molar-refractivity contribution in [1.82, 2.24) is 9.55 Å². The third-order valence-corrected chi connectivity index (χ3v) is 5.56. The van der Waals surface area contributed by atoms with E-state index in [1.54, 1.807) is 10.6 Å². The lowest BCUT2D eigenvalue weighted by atomic mass is 10.3. The summed E-state index contributed by atoms with van der Waals surface area (Å²) in [5, 5.41) is 0.311. The zero-order valence-electron chi connectivity index (χ0n) is 11.7. The van der Waals surface area contributed by atoms with E-state index in [9.17, 15) is 4.39 Å². The summed E-state index contributed by atoms with van der Waals surface area (Å²) in [5.41, 5.74) is 1.29. The zero-order valence-corrected chi connectivity index (χ0v) is 15.1. The predicted molar refractivity (Wildman–Crippen MR) is 86.5 cm³/mol. The number of hydrogen-bond acceptors (Lipinski definition) is 2. The van der Waals surface area contributed by atoms with Crippen molar-refractivity contribution in [1.29, 1.82) is 0 Å². The lowest BCUT2D eigenvalue weighted by Gasteiger charge is -2.15. The van der Waals surface area contributed by atoms with Gasteiger partial charge in [-0.2, -0.15) is 0 Å². The van der Waals surface area contributed by atoms with Gasteiger partial charge in [0, 0.05) is 20.7 Å². The fourth-order valence-electron chi connectivity index (χ4n) is 1.75. The summed E-state index contributed by atoms with van der Waals surface area (Å²) in [6, 6.07) is 4.12. The van der Waals surface area contributed by atoms with E-state index in [0.717, 1.165) is 6.04 Å². The van der Waals surface area contributed by atoms with Gasteiger partial charge in [0.15, 0.2) is 0 Å². The van der Waals surface area contributed by atoms with Crippen molar-refractivity contribution in [3.05, 3.63) is 27.7 Å². The normalized spacial score (nSPS) is 12.3. The van der Waals surface area contributed by atoms with E-state index in [4.69, 9.17) is 16.3 Å². The second-order valence-corrected chi connectivity index (χ2v) is 12.7. The highest BCUT2D eigenvalue weighted by Gasteiger charge is 2.14. The first-order chi connectivity index (χ1) is 9.28. The van der Waals surface area contributed by atoms with E-state index in [0.29, 0.717) is 34.1 Å². The highest BCUT2D eigenvalue weighted by atomic mass is 79.9. The molecule has 2 aromatic rings. The molecule has 0 saturated heterocycles. The quantitative estimate of drug-likeness (QED) is 0.545. The highest BCUT2D eigenvalue weighted by molar-refractivity contribution is 9.10. The molecule has 0 saturated carbocycles. The van der Waals surface area contributed by atoms with Crippen molar-refractivity contribution >= 4 is 46.6 Å². The van der Waals surface area contributed by atoms with Crippen molar-refractivity contribution in [3.63, 3.8) is 0 Å². The van der Waals surface area contributed by atoms with Crippen LogP contribution < -0.4 is 0 Å². The lowest BCUT2D eigenvalue weighted by molar-refractivity contribution is 0.0900. The molecule has 0 fully saturated rings. The molecular formula is C13H17BrClFN2OSi. The number of aromatic nitrogens is 2. The van der Waals surface area contributed by atoms with Gasteiger partial charge in [-0.3, -0.25) is 4.57 Å². The van der Waals surface area contributed by atoms with Crippen LogP contribution in [0.3, 0.4) is 0 Å². The summed E-state index contributed by atoms with van der Waals surface area (Å²) in [7, 11) is -1.11. The van der Waals surface area contributed by atoms with Crippen LogP contribution >= 0.6 is 27.5 Å². The summed E-state index contributed by atoms with van der Waals surface area (Å²) in [4.78, 5) is 4.20. The minimum atomic E-state index is -1.11. The van der Waals surface area contributed by atoms with Gasteiger partial charge in [-0.15, -0.1) is 0 Å². The Morgan fingerprint density at radius 3 is 2.75 bits per heavy atom. The molecule has 7 heteroatoms. The van der Waals surface area contributed by atoms with Crippen molar-refractivity contribution in [3.8, 4) is 0 Å². The van der Waals surface area contributed by atoms with Gasteiger partial charge in [-0.25, -0.2) is 9.37 Å². The Kier molecular flexibility index (Phi) is 4.89. The fraction of sp³-hybridized carbons (Fsp3) is 0.462. The Balaban J connectivity index is 2.14. The monoisotopic (exact) mass is 378 g/mol. The highest BCUT2D eigenvalue weighted by Crippen LogP contribution is 2.26. The molecule has 0 aliphatic heterocycles. The van der Waals surface area contributed by atoms with E-state index in [1.165, 1.54) is 6.07 Å². The van der Waals surface area contributed by atoms with E-state index in [-0.39, 0.29) is 5.82 Å². The SMILES string of the molecule is C[Si](C)(C)CCOCn1c(Cl)nc2cc(Br)c(F)cc21.